The lowest BCUT2D eigenvalue weighted by atomic mass is 10.2. The molecule has 0 aliphatic rings. The van der Waals surface area contributed by atoms with Crippen LogP contribution in [-0.2, 0) is 0 Å². The fourth-order valence-electron chi connectivity index (χ4n) is 2.17. The van der Waals surface area contributed by atoms with Gasteiger partial charge in [-0.2, -0.15) is 0 Å². The molecule has 0 radical (unpaired) electrons. The van der Waals surface area contributed by atoms with Crippen LogP contribution in [0.2, 0.25) is 0 Å². The van der Waals surface area contributed by atoms with Gasteiger partial charge < -0.3 is 4.74 Å². The van der Waals surface area contributed by atoms with Gasteiger partial charge in [-0.15, -0.1) is 22.7 Å². The van der Waals surface area contributed by atoms with Crippen molar-refractivity contribution in [2.75, 3.05) is 0 Å². The van der Waals surface area contributed by atoms with Crippen LogP contribution in [-0.4, -0.2) is 0 Å². The Morgan fingerprint density at radius 1 is 0.632 bits per heavy atom. The summed E-state index contributed by atoms with van der Waals surface area (Å²) < 4.78 is 6.12. The number of fused-ring (bicyclic) bond motifs is 2. The molecule has 0 saturated carbocycles. The summed E-state index contributed by atoms with van der Waals surface area (Å²) in [6, 6.07) is 16.7. The number of hydrogen-bond acceptors (Lipinski definition) is 3. The Morgan fingerprint density at radius 2 is 1.11 bits per heavy atom. The predicted molar refractivity (Wildman–Crippen MR) is 83.7 cm³/mol. The molecule has 0 amide bonds. The first-order valence-electron chi connectivity index (χ1n) is 6.02. The minimum atomic E-state index is 0.975. The first-order valence-corrected chi connectivity index (χ1v) is 7.78. The molecule has 0 unspecified atom stereocenters. The highest BCUT2D eigenvalue weighted by Gasteiger charge is 2.09. The van der Waals surface area contributed by atoms with Crippen molar-refractivity contribution in [1.29, 1.82) is 0 Å². The summed E-state index contributed by atoms with van der Waals surface area (Å²) in [5.74, 6) is 0. The van der Waals surface area contributed by atoms with E-state index in [4.69, 9.17) is 4.74 Å². The number of thiophene rings is 2. The molecular formula is C16H10OS2. The molecule has 0 spiro atoms. The van der Waals surface area contributed by atoms with Crippen molar-refractivity contribution >= 4 is 44.2 Å². The second-order valence-electron chi connectivity index (χ2n) is 4.32. The van der Waals surface area contributed by atoms with Crippen LogP contribution < -0.4 is 4.74 Å². The molecule has 1 nitrogen and oxygen atoms in total. The maximum Gasteiger partial charge on any atom is 0.190 e. The van der Waals surface area contributed by atoms with Crippen molar-refractivity contribution < 1.29 is 4.74 Å². The van der Waals surface area contributed by atoms with Crippen molar-refractivity contribution in [3.8, 4) is 10.1 Å². The van der Waals surface area contributed by atoms with E-state index in [9.17, 15) is 0 Å². The lowest BCUT2D eigenvalue weighted by Crippen LogP contribution is -1.78. The highest BCUT2D eigenvalue weighted by molar-refractivity contribution is 7.15. The molecule has 2 aromatic carbocycles. The van der Waals surface area contributed by atoms with E-state index in [1.54, 1.807) is 22.7 Å². The van der Waals surface area contributed by atoms with Gasteiger partial charge in [0.25, 0.3) is 0 Å². The largest absolute Gasteiger partial charge is 0.435 e. The zero-order chi connectivity index (χ0) is 12.7. The standard InChI is InChI=1S/C16H10OS2/c1-3-7-13-11(5-1)9-18-15(13)17-16-14-8-4-2-6-12(14)10-19-16/h1-10H. The zero-order valence-electron chi connectivity index (χ0n) is 10.00. The Labute approximate surface area is 118 Å². The SMILES string of the molecule is c1ccc2c(Oc3scc4ccccc34)scc2c1. The van der Waals surface area contributed by atoms with E-state index < -0.39 is 0 Å². The van der Waals surface area contributed by atoms with Crippen molar-refractivity contribution in [3.05, 3.63) is 59.3 Å². The van der Waals surface area contributed by atoms with E-state index in [0.717, 1.165) is 10.1 Å². The Kier molecular flexibility index (Phi) is 2.53. The molecule has 92 valence electrons. The summed E-state index contributed by atoms with van der Waals surface area (Å²) in [4.78, 5) is 0. The van der Waals surface area contributed by atoms with Crippen molar-refractivity contribution in [1.82, 2.24) is 0 Å². The zero-order valence-corrected chi connectivity index (χ0v) is 11.6. The molecule has 0 bridgehead atoms. The quantitative estimate of drug-likeness (QED) is 0.444. The van der Waals surface area contributed by atoms with Crippen LogP contribution in [0.1, 0.15) is 0 Å². The van der Waals surface area contributed by atoms with E-state index >= 15 is 0 Å². The summed E-state index contributed by atoms with van der Waals surface area (Å²) >= 11 is 3.31. The normalized spacial score (nSPS) is 11.2. The molecular weight excluding hydrogens is 272 g/mol. The highest BCUT2D eigenvalue weighted by Crippen LogP contribution is 2.41. The maximum absolute atomic E-state index is 6.12. The Bertz CT molecular complexity index is 785. The van der Waals surface area contributed by atoms with E-state index in [1.165, 1.54) is 21.5 Å². The van der Waals surface area contributed by atoms with Crippen LogP contribution in [0, 0.1) is 0 Å². The van der Waals surface area contributed by atoms with Crippen LogP contribution in [0.5, 0.6) is 10.1 Å². The first-order chi connectivity index (χ1) is 9.42. The van der Waals surface area contributed by atoms with Crippen molar-refractivity contribution in [2.24, 2.45) is 0 Å². The lowest BCUT2D eigenvalue weighted by molar-refractivity contribution is 0.521. The summed E-state index contributed by atoms with van der Waals surface area (Å²) in [6.07, 6.45) is 0. The third kappa shape index (κ3) is 1.82. The Hall–Kier alpha value is -1.84. The van der Waals surface area contributed by atoms with E-state index in [2.05, 4.69) is 59.3 Å². The van der Waals surface area contributed by atoms with Crippen molar-refractivity contribution in [2.45, 2.75) is 0 Å². The summed E-state index contributed by atoms with van der Waals surface area (Å²) in [5, 5.41) is 11.1. The van der Waals surface area contributed by atoms with Gasteiger partial charge in [-0.3, -0.25) is 0 Å². The molecule has 0 fully saturated rings. The second kappa shape index (κ2) is 4.37. The van der Waals surface area contributed by atoms with Crippen LogP contribution in [0.15, 0.2) is 59.3 Å². The smallest absolute Gasteiger partial charge is 0.190 e. The molecule has 4 aromatic rings. The molecule has 3 heteroatoms. The molecule has 0 aliphatic carbocycles. The van der Waals surface area contributed by atoms with Gasteiger partial charge in [0.15, 0.2) is 10.1 Å². The number of hydrogen-bond donors (Lipinski definition) is 0. The Morgan fingerprint density at radius 3 is 1.63 bits per heavy atom. The van der Waals surface area contributed by atoms with Gasteiger partial charge >= 0.3 is 0 Å². The summed E-state index contributed by atoms with van der Waals surface area (Å²) in [6.45, 7) is 0. The maximum atomic E-state index is 6.12. The minimum Gasteiger partial charge on any atom is -0.435 e. The predicted octanol–water partition coefficient (Wildman–Crippen LogP) is 5.91. The number of ether oxygens (including phenoxy) is 1. The fourth-order valence-corrected chi connectivity index (χ4v) is 4.00. The molecule has 2 aromatic heterocycles. The monoisotopic (exact) mass is 282 g/mol. The van der Waals surface area contributed by atoms with Gasteiger partial charge in [0.1, 0.15) is 0 Å². The van der Waals surface area contributed by atoms with E-state index in [1.807, 2.05) is 0 Å². The minimum absolute atomic E-state index is 0.975. The second-order valence-corrected chi connectivity index (χ2v) is 6.01. The van der Waals surface area contributed by atoms with Crippen LogP contribution in [0.25, 0.3) is 21.5 Å². The fraction of sp³-hybridized carbons (Fsp3) is 0. The van der Waals surface area contributed by atoms with Crippen molar-refractivity contribution in [3.63, 3.8) is 0 Å². The van der Waals surface area contributed by atoms with Gasteiger partial charge in [0.05, 0.1) is 0 Å². The molecule has 0 aliphatic heterocycles. The molecule has 2 heterocycles. The average Bonchev–Trinajstić information content (AvgIpc) is 3.05. The van der Waals surface area contributed by atoms with E-state index in [0.29, 0.717) is 0 Å². The van der Waals surface area contributed by atoms with Gasteiger partial charge in [-0.25, -0.2) is 0 Å². The van der Waals surface area contributed by atoms with Gasteiger partial charge in [-0.05, 0) is 22.9 Å². The molecule has 4 rings (SSSR count). The summed E-state index contributed by atoms with van der Waals surface area (Å²) in [7, 11) is 0. The van der Waals surface area contributed by atoms with Gasteiger partial charge in [0.2, 0.25) is 0 Å². The molecule has 0 N–H and O–H groups in total. The first kappa shape index (κ1) is 11.0. The van der Waals surface area contributed by atoms with Crippen LogP contribution >= 0.6 is 22.7 Å². The summed E-state index contributed by atoms with van der Waals surface area (Å²) in [5.41, 5.74) is 0. The number of benzene rings is 2. The molecule has 19 heavy (non-hydrogen) atoms. The van der Waals surface area contributed by atoms with Crippen LogP contribution in [0.3, 0.4) is 0 Å². The third-order valence-corrected chi connectivity index (χ3v) is 4.91. The molecule has 0 saturated heterocycles. The topological polar surface area (TPSA) is 9.23 Å². The number of rotatable bonds is 2. The Balaban J connectivity index is 1.82. The van der Waals surface area contributed by atoms with Gasteiger partial charge in [0, 0.05) is 21.5 Å². The van der Waals surface area contributed by atoms with E-state index in [-0.39, 0.29) is 0 Å². The molecule has 0 atom stereocenters. The lowest BCUT2D eigenvalue weighted by Gasteiger charge is -2.01. The van der Waals surface area contributed by atoms with Gasteiger partial charge in [-0.1, -0.05) is 36.4 Å². The highest BCUT2D eigenvalue weighted by atomic mass is 32.1. The van der Waals surface area contributed by atoms with Crippen LogP contribution in [0.4, 0.5) is 0 Å². The average molecular weight is 282 g/mol. The third-order valence-electron chi connectivity index (χ3n) is 3.13.